The van der Waals surface area contributed by atoms with E-state index < -0.39 is 0 Å². The molecule has 1 aliphatic heterocycles. The van der Waals surface area contributed by atoms with Gasteiger partial charge in [-0.2, -0.15) is 0 Å². The normalized spacial score (nSPS) is 14.8. The molecule has 0 aliphatic carbocycles. The van der Waals surface area contributed by atoms with E-state index in [1.807, 2.05) is 32.0 Å². The molecule has 0 aromatic heterocycles. The van der Waals surface area contributed by atoms with Gasteiger partial charge in [0.05, 0.1) is 6.61 Å². The number of nitrogens with one attached hydrogen (secondary N) is 1. The first-order valence-corrected chi connectivity index (χ1v) is 5.85. The van der Waals surface area contributed by atoms with Crippen LogP contribution in [0, 0.1) is 0 Å². The zero-order valence-corrected chi connectivity index (χ0v) is 10.3. The monoisotopic (exact) mass is 237 g/mol. The molecular weight excluding hydrogens is 218 g/mol. The molecule has 1 aromatic rings. The van der Waals surface area contributed by atoms with Crippen LogP contribution in [-0.2, 0) is 6.54 Å². The van der Waals surface area contributed by atoms with Gasteiger partial charge in [0.25, 0.3) is 0 Å². The van der Waals surface area contributed by atoms with Crippen molar-refractivity contribution in [2.75, 3.05) is 19.8 Å². The Morgan fingerprint density at radius 3 is 2.65 bits per heavy atom. The molecule has 0 bridgehead atoms. The molecule has 0 atom stereocenters. The Bertz CT molecular complexity index is 390. The molecule has 0 saturated carbocycles. The van der Waals surface area contributed by atoms with Crippen LogP contribution in [0.15, 0.2) is 18.2 Å². The van der Waals surface area contributed by atoms with Gasteiger partial charge in [-0.3, -0.25) is 0 Å². The molecule has 1 aliphatic rings. The molecule has 0 fully saturated rings. The maximum atomic E-state index is 9.16. The summed E-state index contributed by atoms with van der Waals surface area (Å²) in [5.74, 6) is 1.61. The summed E-state index contributed by atoms with van der Waals surface area (Å²) in [6.07, 6.45) is 0. The van der Waals surface area contributed by atoms with Gasteiger partial charge in [-0.25, -0.2) is 0 Å². The average Bonchev–Trinajstić information content (AvgIpc) is 2.36. The molecule has 0 amide bonds. The standard InChI is InChI=1S/C13H19NO3/c1-13(2,9-15)14-8-10-3-4-11-12(7-10)17-6-5-16-11/h3-4,7,14-15H,5-6,8-9H2,1-2H3. The Kier molecular flexibility index (Phi) is 3.54. The van der Waals surface area contributed by atoms with Crippen molar-refractivity contribution >= 4 is 0 Å². The van der Waals surface area contributed by atoms with Crippen LogP contribution in [0.1, 0.15) is 19.4 Å². The number of fused-ring (bicyclic) bond motifs is 1. The molecule has 2 N–H and O–H groups in total. The highest BCUT2D eigenvalue weighted by Gasteiger charge is 2.16. The minimum atomic E-state index is -0.271. The van der Waals surface area contributed by atoms with Crippen LogP contribution < -0.4 is 14.8 Å². The molecule has 17 heavy (non-hydrogen) atoms. The minimum absolute atomic E-state index is 0.109. The number of benzene rings is 1. The quantitative estimate of drug-likeness (QED) is 0.829. The highest BCUT2D eigenvalue weighted by Crippen LogP contribution is 2.30. The predicted molar refractivity (Wildman–Crippen MR) is 65.4 cm³/mol. The summed E-state index contributed by atoms with van der Waals surface area (Å²) in [5.41, 5.74) is 0.851. The molecule has 1 heterocycles. The fourth-order valence-corrected chi connectivity index (χ4v) is 1.59. The van der Waals surface area contributed by atoms with E-state index in [1.165, 1.54) is 0 Å². The third-order valence-electron chi connectivity index (χ3n) is 2.77. The van der Waals surface area contributed by atoms with E-state index in [1.54, 1.807) is 0 Å². The Morgan fingerprint density at radius 2 is 1.94 bits per heavy atom. The first-order chi connectivity index (χ1) is 8.11. The van der Waals surface area contributed by atoms with Crippen molar-refractivity contribution in [3.63, 3.8) is 0 Å². The average molecular weight is 237 g/mol. The largest absolute Gasteiger partial charge is 0.486 e. The second-order valence-corrected chi connectivity index (χ2v) is 4.87. The van der Waals surface area contributed by atoms with E-state index in [2.05, 4.69) is 5.32 Å². The molecule has 2 rings (SSSR count). The molecule has 0 unspecified atom stereocenters. The zero-order chi connectivity index (χ0) is 12.3. The molecule has 0 spiro atoms. The van der Waals surface area contributed by atoms with Crippen molar-refractivity contribution in [2.45, 2.75) is 25.9 Å². The number of hydrogen-bond acceptors (Lipinski definition) is 4. The molecule has 4 nitrogen and oxygen atoms in total. The van der Waals surface area contributed by atoms with Crippen LogP contribution >= 0.6 is 0 Å². The first-order valence-electron chi connectivity index (χ1n) is 5.85. The lowest BCUT2D eigenvalue weighted by atomic mass is 10.1. The van der Waals surface area contributed by atoms with Crippen LogP contribution in [0.3, 0.4) is 0 Å². The van der Waals surface area contributed by atoms with Gasteiger partial charge in [0.1, 0.15) is 13.2 Å². The van der Waals surface area contributed by atoms with Crippen molar-refractivity contribution in [3.8, 4) is 11.5 Å². The van der Waals surface area contributed by atoms with E-state index >= 15 is 0 Å². The van der Waals surface area contributed by atoms with Gasteiger partial charge in [0.2, 0.25) is 0 Å². The van der Waals surface area contributed by atoms with Crippen LogP contribution in [0.5, 0.6) is 11.5 Å². The number of hydrogen-bond donors (Lipinski definition) is 2. The van der Waals surface area contributed by atoms with Crippen molar-refractivity contribution < 1.29 is 14.6 Å². The van der Waals surface area contributed by atoms with Crippen molar-refractivity contribution in [2.24, 2.45) is 0 Å². The van der Waals surface area contributed by atoms with Gasteiger partial charge in [0, 0.05) is 12.1 Å². The second-order valence-electron chi connectivity index (χ2n) is 4.87. The van der Waals surface area contributed by atoms with Gasteiger partial charge in [-0.1, -0.05) is 6.07 Å². The fourth-order valence-electron chi connectivity index (χ4n) is 1.59. The topological polar surface area (TPSA) is 50.7 Å². The smallest absolute Gasteiger partial charge is 0.161 e. The van der Waals surface area contributed by atoms with Gasteiger partial charge in [0.15, 0.2) is 11.5 Å². The van der Waals surface area contributed by atoms with Gasteiger partial charge >= 0.3 is 0 Å². The van der Waals surface area contributed by atoms with Crippen LogP contribution in [-0.4, -0.2) is 30.5 Å². The molecule has 0 radical (unpaired) electrons. The molecule has 4 heteroatoms. The van der Waals surface area contributed by atoms with E-state index in [9.17, 15) is 0 Å². The van der Waals surface area contributed by atoms with Gasteiger partial charge < -0.3 is 19.9 Å². The molecule has 1 aromatic carbocycles. The fraction of sp³-hybridized carbons (Fsp3) is 0.538. The Hall–Kier alpha value is -1.26. The molecular formula is C13H19NO3. The summed E-state index contributed by atoms with van der Waals surface area (Å²) in [7, 11) is 0. The summed E-state index contributed by atoms with van der Waals surface area (Å²) >= 11 is 0. The van der Waals surface area contributed by atoms with Gasteiger partial charge in [-0.15, -0.1) is 0 Å². The Morgan fingerprint density at radius 1 is 1.24 bits per heavy atom. The lowest BCUT2D eigenvalue weighted by Gasteiger charge is -2.24. The molecule has 0 saturated heterocycles. The third-order valence-corrected chi connectivity index (χ3v) is 2.77. The van der Waals surface area contributed by atoms with E-state index in [-0.39, 0.29) is 12.1 Å². The summed E-state index contributed by atoms with van der Waals surface area (Å²) in [6, 6.07) is 5.92. The summed E-state index contributed by atoms with van der Waals surface area (Å²) in [4.78, 5) is 0. The maximum absolute atomic E-state index is 9.16. The second kappa shape index (κ2) is 4.94. The van der Waals surface area contributed by atoms with Crippen molar-refractivity contribution in [3.05, 3.63) is 23.8 Å². The summed E-state index contributed by atoms with van der Waals surface area (Å²) < 4.78 is 11.0. The number of aliphatic hydroxyl groups excluding tert-OH is 1. The number of ether oxygens (including phenoxy) is 2. The molecule has 94 valence electrons. The van der Waals surface area contributed by atoms with E-state index in [4.69, 9.17) is 14.6 Å². The number of rotatable bonds is 4. The Balaban J connectivity index is 2.02. The van der Waals surface area contributed by atoms with E-state index in [0.717, 1.165) is 17.1 Å². The summed E-state index contributed by atoms with van der Waals surface area (Å²) in [5, 5.41) is 12.4. The van der Waals surface area contributed by atoms with Crippen LogP contribution in [0.2, 0.25) is 0 Å². The predicted octanol–water partition coefficient (Wildman–Crippen LogP) is 1.32. The van der Waals surface area contributed by atoms with Crippen molar-refractivity contribution in [1.82, 2.24) is 5.32 Å². The highest BCUT2D eigenvalue weighted by atomic mass is 16.6. The summed E-state index contributed by atoms with van der Waals surface area (Å²) in [6.45, 7) is 5.95. The van der Waals surface area contributed by atoms with E-state index in [0.29, 0.717) is 19.8 Å². The first kappa shape index (κ1) is 12.2. The van der Waals surface area contributed by atoms with Gasteiger partial charge in [-0.05, 0) is 31.5 Å². The SMILES string of the molecule is CC(C)(CO)NCc1ccc2c(c1)OCCO2. The lowest BCUT2D eigenvalue weighted by molar-refractivity contribution is 0.171. The maximum Gasteiger partial charge on any atom is 0.161 e. The van der Waals surface area contributed by atoms with Crippen molar-refractivity contribution in [1.29, 1.82) is 0 Å². The third kappa shape index (κ3) is 3.11. The minimum Gasteiger partial charge on any atom is -0.486 e. The Labute approximate surface area is 102 Å². The lowest BCUT2D eigenvalue weighted by Crippen LogP contribution is -2.42. The van der Waals surface area contributed by atoms with Crippen LogP contribution in [0.4, 0.5) is 0 Å². The highest BCUT2D eigenvalue weighted by molar-refractivity contribution is 5.43. The van der Waals surface area contributed by atoms with Crippen LogP contribution in [0.25, 0.3) is 0 Å². The zero-order valence-electron chi connectivity index (χ0n) is 10.3. The number of aliphatic hydroxyl groups is 1.